The number of nitrogens with zero attached hydrogens (tertiary/aromatic N) is 6. The number of pyridine rings is 4. The molecule has 6 rings (SSSR count). The molecule has 0 bridgehead atoms. The first kappa shape index (κ1) is 25.6. The van der Waals surface area contributed by atoms with Crippen LogP contribution in [0.25, 0.3) is 22.3 Å². The van der Waals surface area contributed by atoms with Crippen LogP contribution < -0.4 is 10.2 Å². The number of aromatic nitrogens is 4. The zero-order valence-electron chi connectivity index (χ0n) is 21.5. The van der Waals surface area contributed by atoms with Gasteiger partial charge in [0, 0.05) is 49.9 Å². The van der Waals surface area contributed by atoms with Crippen molar-refractivity contribution in [3.05, 3.63) is 72.3 Å². The molecular weight excluding hydrogens is 534 g/mol. The molecule has 4 aromatic rings. The topological polar surface area (TPSA) is 148 Å². The molecule has 13 heteroatoms. The van der Waals surface area contributed by atoms with Crippen molar-refractivity contribution in [1.82, 2.24) is 30.2 Å². The van der Waals surface area contributed by atoms with E-state index >= 15 is 0 Å². The van der Waals surface area contributed by atoms with Crippen LogP contribution in [-0.2, 0) is 21.1 Å². The third kappa shape index (κ3) is 5.15. The summed E-state index contributed by atoms with van der Waals surface area (Å²) in [5, 5.41) is 3.59. The second-order valence-electron chi connectivity index (χ2n) is 9.68. The largest absolute Gasteiger partial charge is 0.447 e. The SMILES string of the molecule is CS(=O)(=O)c1cncc(C(=O)NCc2cc3nc(-c4cccc(N5CCN6C(=O)OCC6C5)n4)ccc3cn2)c1. The van der Waals surface area contributed by atoms with Gasteiger partial charge in [0.25, 0.3) is 5.91 Å². The van der Waals surface area contributed by atoms with Crippen LogP contribution in [0.3, 0.4) is 0 Å². The maximum atomic E-state index is 12.6. The molecule has 4 aromatic heterocycles. The number of cyclic esters (lactones) is 1. The number of rotatable bonds is 6. The van der Waals surface area contributed by atoms with Gasteiger partial charge >= 0.3 is 6.09 Å². The normalized spacial score (nSPS) is 17.0. The number of nitrogens with one attached hydrogen (secondary N) is 1. The lowest BCUT2D eigenvalue weighted by molar-refractivity contribution is 0.0949. The fraction of sp³-hybridized carbons (Fsp3) is 0.259. The van der Waals surface area contributed by atoms with Gasteiger partial charge in [-0.1, -0.05) is 6.07 Å². The minimum Gasteiger partial charge on any atom is -0.447 e. The van der Waals surface area contributed by atoms with Gasteiger partial charge in [0.05, 0.1) is 45.6 Å². The lowest BCUT2D eigenvalue weighted by Gasteiger charge is -2.36. The summed E-state index contributed by atoms with van der Waals surface area (Å²) in [4.78, 5) is 46.2. The Kier molecular flexibility index (Phi) is 6.50. The molecule has 2 aliphatic heterocycles. The number of carbonyl (C=O) groups excluding carboxylic acids is 2. The van der Waals surface area contributed by atoms with Crippen molar-refractivity contribution >= 4 is 38.6 Å². The van der Waals surface area contributed by atoms with Crippen molar-refractivity contribution in [3.8, 4) is 11.4 Å². The van der Waals surface area contributed by atoms with Crippen LogP contribution in [0.5, 0.6) is 0 Å². The van der Waals surface area contributed by atoms with Crippen molar-refractivity contribution in [1.29, 1.82) is 0 Å². The first-order chi connectivity index (χ1) is 19.2. The van der Waals surface area contributed by atoms with Gasteiger partial charge in [-0.15, -0.1) is 0 Å². The maximum Gasteiger partial charge on any atom is 0.410 e. The minimum absolute atomic E-state index is 0.0247. The Balaban J connectivity index is 1.18. The number of carbonyl (C=O) groups is 2. The monoisotopic (exact) mass is 559 g/mol. The molecule has 0 aliphatic carbocycles. The molecule has 0 aromatic carbocycles. The smallest absolute Gasteiger partial charge is 0.410 e. The fourth-order valence-electron chi connectivity index (χ4n) is 4.75. The lowest BCUT2D eigenvalue weighted by atomic mass is 10.1. The van der Waals surface area contributed by atoms with E-state index in [1.807, 2.05) is 30.3 Å². The summed E-state index contributed by atoms with van der Waals surface area (Å²) in [6, 6.07) is 12.7. The highest BCUT2D eigenvalue weighted by molar-refractivity contribution is 7.90. The highest BCUT2D eigenvalue weighted by atomic mass is 32.2. The van der Waals surface area contributed by atoms with E-state index in [-0.39, 0.29) is 29.1 Å². The molecule has 204 valence electrons. The second kappa shape index (κ2) is 10.2. The quantitative estimate of drug-likeness (QED) is 0.372. The first-order valence-corrected chi connectivity index (χ1v) is 14.5. The average Bonchev–Trinajstić information content (AvgIpc) is 3.35. The standard InChI is InChI=1S/C27H25N7O5S/c1-40(37,38)21-9-18(11-28-14-21)26(35)30-13-19-10-24-17(12-29-19)5-6-23(31-24)22-3-2-4-25(32-22)33-7-8-34-20(15-33)16-39-27(34)36/h2-6,9-12,14,20H,7-8,13,15-16H2,1H3,(H,30,35). The molecule has 2 amide bonds. The average molecular weight is 560 g/mol. The number of piperazine rings is 1. The van der Waals surface area contributed by atoms with Gasteiger partial charge in [-0.25, -0.2) is 23.2 Å². The number of amides is 2. The summed E-state index contributed by atoms with van der Waals surface area (Å²) in [7, 11) is -3.48. The van der Waals surface area contributed by atoms with Crippen LogP contribution in [0.4, 0.5) is 10.6 Å². The highest BCUT2D eigenvalue weighted by Crippen LogP contribution is 2.25. The van der Waals surface area contributed by atoms with Gasteiger partial charge in [0.2, 0.25) is 0 Å². The van der Waals surface area contributed by atoms with Gasteiger partial charge < -0.3 is 15.0 Å². The lowest BCUT2D eigenvalue weighted by Crippen LogP contribution is -2.52. The van der Waals surface area contributed by atoms with Crippen LogP contribution in [0.15, 0.2) is 66.0 Å². The zero-order valence-corrected chi connectivity index (χ0v) is 22.3. The van der Waals surface area contributed by atoms with Crippen LogP contribution in [0.2, 0.25) is 0 Å². The predicted molar refractivity (Wildman–Crippen MR) is 145 cm³/mol. The number of ether oxygens (including phenoxy) is 1. The summed E-state index contributed by atoms with van der Waals surface area (Å²) in [6.07, 6.45) is 5.02. The minimum atomic E-state index is -3.48. The van der Waals surface area contributed by atoms with Crippen molar-refractivity contribution in [2.75, 3.05) is 37.4 Å². The molecule has 2 saturated heterocycles. The van der Waals surface area contributed by atoms with E-state index in [1.54, 1.807) is 17.2 Å². The molecule has 6 heterocycles. The Morgan fingerprint density at radius 3 is 2.77 bits per heavy atom. The van der Waals surface area contributed by atoms with Gasteiger partial charge in [-0.3, -0.25) is 19.7 Å². The van der Waals surface area contributed by atoms with Crippen LogP contribution >= 0.6 is 0 Å². The first-order valence-electron chi connectivity index (χ1n) is 12.6. The molecule has 40 heavy (non-hydrogen) atoms. The van der Waals surface area contributed by atoms with Crippen molar-refractivity contribution in [3.63, 3.8) is 0 Å². The van der Waals surface area contributed by atoms with Gasteiger partial charge in [0.1, 0.15) is 12.4 Å². The van der Waals surface area contributed by atoms with E-state index in [1.165, 1.54) is 18.5 Å². The summed E-state index contributed by atoms with van der Waals surface area (Å²) in [6.45, 7) is 2.43. The van der Waals surface area contributed by atoms with Gasteiger partial charge in [0.15, 0.2) is 9.84 Å². The maximum absolute atomic E-state index is 12.6. The molecule has 1 unspecified atom stereocenters. The fourth-order valence-corrected chi connectivity index (χ4v) is 5.35. The number of fused-ring (bicyclic) bond motifs is 2. The van der Waals surface area contributed by atoms with Crippen molar-refractivity contribution in [2.24, 2.45) is 0 Å². The van der Waals surface area contributed by atoms with Crippen molar-refractivity contribution in [2.45, 2.75) is 17.5 Å². The molecular formula is C27H25N7O5S. The molecule has 0 saturated carbocycles. The number of hydrogen-bond donors (Lipinski definition) is 1. The van der Waals surface area contributed by atoms with Gasteiger partial charge in [-0.2, -0.15) is 0 Å². The third-order valence-electron chi connectivity index (χ3n) is 6.90. The summed E-state index contributed by atoms with van der Waals surface area (Å²) < 4.78 is 28.7. The molecule has 2 aliphatic rings. The summed E-state index contributed by atoms with van der Waals surface area (Å²) in [5.74, 6) is 0.350. The van der Waals surface area contributed by atoms with E-state index in [4.69, 9.17) is 14.7 Å². The third-order valence-corrected chi connectivity index (χ3v) is 7.98. The summed E-state index contributed by atoms with van der Waals surface area (Å²) in [5.41, 5.74) is 2.83. The van der Waals surface area contributed by atoms with Gasteiger partial charge in [-0.05, 0) is 36.4 Å². The van der Waals surface area contributed by atoms with E-state index in [2.05, 4.69) is 20.2 Å². The summed E-state index contributed by atoms with van der Waals surface area (Å²) >= 11 is 0. The van der Waals surface area contributed by atoms with Crippen LogP contribution in [0.1, 0.15) is 16.1 Å². The number of anilines is 1. The number of sulfone groups is 1. The van der Waals surface area contributed by atoms with Crippen LogP contribution in [-0.4, -0.2) is 83.8 Å². The Bertz CT molecular complexity index is 1750. The molecule has 12 nitrogen and oxygen atoms in total. The molecule has 1 N–H and O–H groups in total. The second-order valence-corrected chi connectivity index (χ2v) is 11.7. The Labute approximate surface area is 230 Å². The van der Waals surface area contributed by atoms with Crippen LogP contribution in [0, 0.1) is 0 Å². The molecule has 0 spiro atoms. The molecule has 2 fully saturated rings. The van der Waals surface area contributed by atoms with Crippen molar-refractivity contribution < 1.29 is 22.7 Å². The predicted octanol–water partition coefficient (Wildman–Crippen LogP) is 2.06. The highest BCUT2D eigenvalue weighted by Gasteiger charge is 2.37. The zero-order chi connectivity index (χ0) is 27.9. The van der Waals surface area contributed by atoms with E-state index in [0.29, 0.717) is 48.8 Å². The Morgan fingerprint density at radius 1 is 1.07 bits per heavy atom. The van der Waals surface area contributed by atoms with E-state index < -0.39 is 15.7 Å². The molecule has 1 atom stereocenters. The number of hydrogen-bond acceptors (Lipinski definition) is 10. The van der Waals surface area contributed by atoms with E-state index in [9.17, 15) is 18.0 Å². The Morgan fingerprint density at radius 2 is 1.93 bits per heavy atom. The Hall–Kier alpha value is -4.65. The molecule has 0 radical (unpaired) electrons. The van der Waals surface area contributed by atoms with E-state index in [0.717, 1.165) is 17.5 Å².